The molecule has 1 unspecified atom stereocenters. The molecule has 1 heterocycles. The normalized spacial score (nSPS) is 25.0. The molecule has 1 saturated heterocycles. The minimum atomic E-state index is -0.687. The van der Waals surface area contributed by atoms with Crippen LogP contribution >= 0.6 is 0 Å². The second-order valence-electron chi connectivity index (χ2n) is 4.67. The van der Waals surface area contributed by atoms with E-state index in [2.05, 4.69) is 11.9 Å². The molecule has 0 aromatic heterocycles. The molecule has 1 fully saturated rings. The second kappa shape index (κ2) is 3.66. The molecule has 0 aromatic carbocycles. The van der Waals surface area contributed by atoms with Gasteiger partial charge in [0.05, 0.1) is 5.41 Å². The first-order chi connectivity index (χ1) is 5.93. The van der Waals surface area contributed by atoms with Crippen LogP contribution in [0.2, 0.25) is 0 Å². The van der Waals surface area contributed by atoms with E-state index >= 15 is 0 Å². The van der Waals surface area contributed by atoms with Crippen LogP contribution in [0.25, 0.3) is 0 Å². The molecule has 76 valence electrons. The Morgan fingerprint density at radius 1 is 1.62 bits per heavy atom. The fourth-order valence-corrected chi connectivity index (χ4v) is 1.91. The van der Waals surface area contributed by atoms with Crippen molar-refractivity contribution in [2.24, 2.45) is 5.41 Å². The number of carboxylic acid groups (broad SMARTS) is 1. The van der Waals surface area contributed by atoms with E-state index in [1.54, 1.807) is 0 Å². The van der Waals surface area contributed by atoms with E-state index < -0.39 is 11.4 Å². The van der Waals surface area contributed by atoms with Gasteiger partial charge >= 0.3 is 5.97 Å². The summed E-state index contributed by atoms with van der Waals surface area (Å²) in [6.07, 6.45) is 3.11. The van der Waals surface area contributed by atoms with Gasteiger partial charge in [0.15, 0.2) is 0 Å². The largest absolute Gasteiger partial charge is 0.481 e. The van der Waals surface area contributed by atoms with E-state index in [9.17, 15) is 4.79 Å². The number of carboxylic acids is 1. The van der Waals surface area contributed by atoms with Gasteiger partial charge in [-0.1, -0.05) is 0 Å². The fraction of sp³-hybridized carbons (Fsp3) is 0.900. The van der Waals surface area contributed by atoms with E-state index in [-0.39, 0.29) is 0 Å². The summed E-state index contributed by atoms with van der Waals surface area (Å²) in [6, 6.07) is 0.464. The second-order valence-corrected chi connectivity index (χ2v) is 4.67. The third-order valence-corrected chi connectivity index (χ3v) is 3.00. The Bertz CT molecular complexity index is 201. The molecule has 0 amide bonds. The van der Waals surface area contributed by atoms with Crippen LogP contribution in [0, 0.1) is 5.41 Å². The molecule has 3 nitrogen and oxygen atoms in total. The average Bonchev–Trinajstić information content (AvgIpc) is 2.35. The number of carbonyl (C=O) groups is 1. The summed E-state index contributed by atoms with van der Waals surface area (Å²) in [5.41, 5.74) is -0.580. The van der Waals surface area contributed by atoms with Gasteiger partial charge in [0.1, 0.15) is 0 Å². The molecule has 0 radical (unpaired) electrons. The summed E-state index contributed by atoms with van der Waals surface area (Å²) >= 11 is 0. The molecular weight excluding hydrogens is 166 g/mol. The summed E-state index contributed by atoms with van der Waals surface area (Å²) in [5.74, 6) is -0.687. The van der Waals surface area contributed by atoms with Crippen molar-refractivity contribution in [2.75, 3.05) is 13.6 Å². The van der Waals surface area contributed by atoms with Crippen molar-refractivity contribution in [2.45, 2.75) is 39.2 Å². The number of aliphatic carboxylic acids is 1. The Hall–Kier alpha value is -0.570. The lowest BCUT2D eigenvalue weighted by Gasteiger charge is -2.27. The maximum absolute atomic E-state index is 10.9. The lowest BCUT2D eigenvalue weighted by Crippen LogP contribution is -2.34. The predicted octanol–water partition coefficient (Wildman–Crippen LogP) is 1.58. The van der Waals surface area contributed by atoms with Crippen LogP contribution in [0.15, 0.2) is 0 Å². The van der Waals surface area contributed by atoms with Crippen molar-refractivity contribution >= 4 is 5.97 Å². The number of nitrogens with zero attached hydrogens (tertiary/aromatic N) is 1. The molecule has 0 spiro atoms. The van der Waals surface area contributed by atoms with E-state index in [1.807, 2.05) is 13.8 Å². The molecule has 1 aliphatic heterocycles. The van der Waals surface area contributed by atoms with Gasteiger partial charge in [-0.05, 0) is 46.7 Å². The molecule has 0 saturated carbocycles. The van der Waals surface area contributed by atoms with Crippen molar-refractivity contribution < 1.29 is 9.90 Å². The lowest BCUT2D eigenvalue weighted by atomic mass is 9.85. The molecular formula is C10H19NO2. The van der Waals surface area contributed by atoms with E-state index in [4.69, 9.17) is 5.11 Å². The van der Waals surface area contributed by atoms with Crippen LogP contribution in [-0.4, -0.2) is 35.6 Å². The molecule has 1 rings (SSSR count). The van der Waals surface area contributed by atoms with Crippen LogP contribution in [0.3, 0.4) is 0 Å². The Kier molecular flexibility index (Phi) is 2.96. The number of likely N-dealkylation sites (tertiary alicyclic amines) is 1. The summed E-state index contributed by atoms with van der Waals surface area (Å²) in [4.78, 5) is 13.2. The highest BCUT2D eigenvalue weighted by molar-refractivity contribution is 5.73. The maximum atomic E-state index is 10.9. The molecule has 13 heavy (non-hydrogen) atoms. The quantitative estimate of drug-likeness (QED) is 0.725. The monoisotopic (exact) mass is 185 g/mol. The lowest BCUT2D eigenvalue weighted by molar-refractivity contribution is -0.147. The SMILES string of the molecule is CN1CCCC1CC(C)(C)C(=O)O. The van der Waals surface area contributed by atoms with Gasteiger partial charge in [-0.2, -0.15) is 0 Å². The molecule has 0 aliphatic carbocycles. The van der Waals surface area contributed by atoms with Crippen LogP contribution in [0.5, 0.6) is 0 Å². The molecule has 1 aliphatic rings. The molecule has 0 bridgehead atoms. The first-order valence-corrected chi connectivity index (χ1v) is 4.87. The van der Waals surface area contributed by atoms with Crippen molar-refractivity contribution in [3.05, 3.63) is 0 Å². The van der Waals surface area contributed by atoms with Crippen LogP contribution in [0.1, 0.15) is 33.1 Å². The average molecular weight is 185 g/mol. The van der Waals surface area contributed by atoms with E-state index in [1.165, 1.54) is 6.42 Å². The summed E-state index contributed by atoms with van der Waals surface area (Å²) in [6.45, 7) is 4.73. The highest BCUT2D eigenvalue weighted by Crippen LogP contribution is 2.29. The third kappa shape index (κ3) is 2.44. The highest BCUT2D eigenvalue weighted by Gasteiger charge is 2.33. The molecule has 0 aromatic rings. The Morgan fingerprint density at radius 2 is 2.23 bits per heavy atom. The molecule has 1 atom stereocenters. The fourth-order valence-electron chi connectivity index (χ4n) is 1.91. The minimum Gasteiger partial charge on any atom is -0.481 e. The summed E-state index contributed by atoms with van der Waals surface area (Å²) in [5, 5.41) is 8.97. The van der Waals surface area contributed by atoms with Gasteiger partial charge in [-0.3, -0.25) is 4.79 Å². The summed E-state index contributed by atoms with van der Waals surface area (Å²) < 4.78 is 0. The highest BCUT2D eigenvalue weighted by atomic mass is 16.4. The summed E-state index contributed by atoms with van der Waals surface area (Å²) in [7, 11) is 2.08. The standard InChI is InChI=1S/C10H19NO2/c1-10(2,9(12)13)7-8-5-4-6-11(8)3/h8H,4-7H2,1-3H3,(H,12,13). The van der Waals surface area contributed by atoms with Crippen molar-refractivity contribution in [1.82, 2.24) is 4.90 Å². The van der Waals surface area contributed by atoms with Crippen molar-refractivity contribution in [1.29, 1.82) is 0 Å². The number of hydrogen-bond acceptors (Lipinski definition) is 2. The Balaban J connectivity index is 2.52. The van der Waals surface area contributed by atoms with Gasteiger partial charge in [0, 0.05) is 6.04 Å². The smallest absolute Gasteiger partial charge is 0.309 e. The Morgan fingerprint density at radius 3 is 2.62 bits per heavy atom. The van der Waals surface area contributed by atoms with Crippen LogP contribution in [0.4, 0.5) is 0 Å². The maximum Gasteiger partial charge on any atom is 0.309 e. The van der Waals surface area contributed by atoms with E-state index in [0.717, 1.165) is 19.4 Å². The first kappa shape index (κ1) is 10.5. The number of rotatable bonds is 3. The molecule has 3 heteroatoms. The molecule has 1 N–H and O–H groups in total. The van der Waals surface area contributed by atoms with Gasteiger partial charge < -0.3 is 10.0 Å². The zero-order valence-corrected chi connectivity index (χ0v) is 8.71. The van der Waals surface area contributed by atoms with Gasteiger partial charge in [-0.25, -0.2) is 0 Å². The van der Waals surface area contributed by atoms with Crippen molar-refractivity contribution in [3.63, 3.8) is 0 Å². The third-order valence-electron chi connectivity index (χ3n) is 3.00. The first-order valence-electron chi connectivity index (χ1n) is 4.87. The van der Waals surface area contributed by atoms with Gasteiger partial charge in [0.2, 0.25) is 0 Å². The van der Waals surface area contributed by atoms with Crippen molar-refractivity contribution in [3.8, 4) is 0 Å². The van der Waals surface area contributed by atoms with E-state index in [0.29, 0.717) is 6.04 Å². The van der Waals surface area contributed by atoms with Gasteiger partial charge in [-0.15, -0.1) is 0 Å². The Labute approximate surface area is 79.7 Å². The van der Waals surface area contributed by atoms with Gasteiger partial charge in [0.25, 0.3) is 0 Å². The number of hydrogen-bond donors (Lipinski definition) is 1. The van der Waals surface area contributed by atoms with Crippen LogP contribution in [-0.2, 0) is 4.79 Å². The van der Waals surface area contributed by atoms with Crippen LogP contribution < -0.4 is 0 Å². The minimum absolute atomic E-state index is 0.464. The predicted molar refractivity (Wildman–Crippen MR) is 51.7 cm³/mol. The topological polar surface area (TPSA) is 40.5 Å². The zero-order valence-electron chi connectivity index (χ0n) is 8.71. The zero-order chi connectivity index (χ0) is 10.1.